The smallest absolute Gasteiger partial charge is 0.277 e. The van der Waals surface area contributed by atoms with Crippen molar-refractivity contribution in [3.8, 4) is 0 Å². The molecule has 2 aromatic rings. The van der Waals surface area contributed by atoms with Crippen LogP contribution in [0, 0.1) is 0 Å². The number of halogens is 2. The summed E-state index contributed by atoms with van der Waals surface area (Å²) in [6.07, 6.45) is 0. The van der Waals surface area contributed by atoms with E-state index in [1.807, 2.05) is 17.4 Å². The molecule has 1 amide bonds. The monoisotopic (exact) mass is 330 g/mol. The average Bonchev–Trinajstić information content (AvgIpc) is 2.89. The fourth-order valence-electron chi connectivity index (χ4n) is 1.69. The van der Waals surface area contributed by atoms with Gasteiger partial charge in [-0.1, -0.05) is 35.3 Å². The molecule has 1 aromatic heterocycles. The predicted molar refractivity (Wildman–Crippen MR) is 78.0 cm³/mol. The van der Waals surface area contributed by atoms with Crippen molar-refractivity contribution in [2.45, 2.75) is 6.54 Å². The Morgan fingerprint density at radius 2 is 2.19 bits per heavy atom. The number of nitrogen functional groups attached to an aromatic ring is 1. The van der Waals surface area contributed by atoms with E-state index in [0.29, 0.717) is 29.7 Å². The molecule has 0 saturated heterocycles. The molecule has 0 aliphatic carbocycles. The van der Waals surface area contributed by atoms with Gasteiger partial charge in [-0.25, -0.2) is 4.63 Å². The first kappa shape index (κ1) is 15.6. The zero-order valence-corrected chi connectivity index (χ0v) is 12.5. The standard InChI is InChI=1S/C12H13Cl2N5O2/c13-8-3-1-2-7(9(8)14)6-16-4-5-17-12(20)10-11(15)19-21-18-10/h1-3,16H,4-6H2,(H2,15,19)(H,17,20)/p+1. The summed E-state index contributed by atoms with van der Waals surface area (Å²) in [7, 11) is 0. The van der Waals surface area contributed by atoms with Crippen molar-refractivity contribution in [3.05, 3.63) is 39.5 Å². The van der Waals surface area contributed by atoms with Gasteiger partial charge >= 0.3 is 0 Å². The van der Waals surface area contributed by atoms with Crippen LogP contribution in [0.25, 0.3) is 0 Å². The number of aromatic nitrogens is 2. The second kappa shape index (κ2) is 7.26. The number of nitrogens with two attached hydrogens (primary N) is 2. The van der Waals surface area contributed by atoms with Crippen LogP contribution in [0.1, 0.15) is 16.1 Å². The first-order valence-electron chi connectivity index (χ1n) is 6.20. The Morgan fingerprint density at radius 1 is 1.38 bits per heavy atom. The fraction of sp³-hybridized carbons (Fsp3) is 0.250. The molecule has 0 radical (unpaired) electrons. The molecule has 0 fully saturated rings. The Bertz CT molecular complexity index is 632. The Balaban J connectivity index is 1.72. The van der Waals surface area contributed by atoms with Gasteiger partial charge in [-0.2, -0.15) is 0 Å². The third-order valence-corrected chi connectivity index (χ3v) is 3.62. The van der Waals surface area contributed by atoms with Crippen LogP contribution in [0.4, 0.5) is 5.82 Å². The lowest BCUT2D eigenvalue weighted by Gasteiger charge is -2.06. The molecule has 0 aliphatic heterocycles. The lowest BCUT2D eigenvalue weighted by atomic mass is 10.2. The van der Waals surface area contributed by atoms with E-state index >= 15 is 0 Å². The van der Waals surface area contributed by atoms with Gasteiger partial charge in [0.2, 0.25) is 11.5 Å². The molecule has 0 aliphatic rings. The fourth-order valence-corrected chi connectivity index (χ4v) is 2.09. The Hall–Kier alpha value is -1.83. The lowest BCUT2D eigenvalue weighted by molar-refractivity contribution is -0.668. The van der Waals surface area contributed by atoms with Crippen molar-refractivity contribution in [2.24, 2.45) is 0 Å². The Labute approximate surface area is 130 Å². The normalized spacial score (nSPS) is 10.6. The van der Waals surface area contributed by atoms with Crippen LogP contribution in [-0.2, 0) is 6.54 Å². The maximum atomic E-state index is 11.7. The van der Waals surface area contributed by atoms with E-state index in [2.05, 4.69) is 20.3 Å². The number of nitrogens with zero attached hydrogens (tertiary/aromatic N) is 2. The predicted octanol–water partition coefficient (Wildman–Crippen LogP) is 0.452. The zero-order chi connectivity index (χ0) is 15.2. The van der Waals surface area contributed by atoms with Gasteiger partial charge in [-0.3, -0.25) is 4.79 Å². The number of carbonyl (C=O) groups is 1. The Morgan fingerprint density at radius 3 is 2.90 bits per heavy atom. The summed E-state index contributed by atoms with van der Waals surface area (Å²) >= 11 is 12.0. The van der Waals surface area contributed by atoms with E-state index in [9.17, 15) is 4.79 Å². The molecular formula is C12H14Cl2N5O2+. The van der Waals surface area contributed by atoms with Crippen LogP contribution < -0.4 is 16.4 Å². The summed E-state index contributed by atoms with van der Waals surface area (Å²) in [5.41, 5.74) is 6.35. The maximum Gasteiger partial charge on any atom is 0.277 e. The average molecular weight is 331 g/mol. The molecule has 1 heterocycles. The summed E-state index contributed by atoms with van der Waals surface area (Å²) in [6, 6.07) is 5.49. The minimum Gasteiger partial charge on any atom is -0.379 e. The first-order valence-corrected chi connectivity index (χ1v) is 6.96. The number of benzene rings is 1. The van der Waals surface area contributed by atoms with Crippen molar-refractivity contribution in [2.75, 3.05) is 18.8 Å². The number of rotatable bonds is 6. The van der Waals surface area contributed by atoms with Crippen molar-refractivity contribution in [1.82, 2.24) is 15.6 Å². The lowest BCUT2D eigenvalue weighted by Crippen LogP contribution is -2.84. The molecule has 0 atom stereocenters. The van der Waals surface area contributed by atoms with Crippen LogP contribution in [0.15, 0.2) is 22.8 Å². The van der Waals surface area contributed by atoms with Gasteiger partial charge in [0.1, 0.15) is 6.54 Å². The quantitative estimate of drug-likeness (QED) is 0.666. The zero-order valence-electron chi connectivity index (χ0n) is 11.0. The van der Waals surface area contributed by atoms with Crippen molar-refractivity contribution < 1.29 is 14.7 Å². The number of hydrogen-bond donors (Lipinski definition) is 3. The number of hydrogen-bond acceptors (Lipinski definition) is 5. The highest BCUT2D eigenvalue weighted by molar-refractivity contribution is 6.42. The maximum absolute atomic E-state index is 11.7. The summed E-state index contributed by atoms with van der Waals surface area (Å²) in [5.74, 6) is -0.440. The van der Waals surface area contributed by atoms with Gasteiger partial charge in [-0.15, -0.1) is 0 Å². The van der Waals surface area contributed by atoms with E-state index in [4.69, 9.17) is 28.9 Å². The summed E-state index contributed by atoms with van der Waals surface area (Å²) in [6.45, 7) is 1.78. The highest BCUT2D eigenvalue weighted by atomic mass is 35.5. The van der Waals surface area contributed by atoms with Crippen LogP contribution in [-0.4, -0.2) is 29.3 Å². The van der Waals surface area contributed by atoms with E-state index in [-0.39, 0.29) is 11.5 Å². The molecule has 21 heavy (non-hydrogen) atoms. The molecule has 5 N–H and O–H groups in total. The van der Waals surface area contributed by atoms with Crippen molar-refractivity contribution >= 4 is 34.9 Å². The van der Waals surface area contributed by atoms with Gasteiger partial charge in [0.05, 0.1) is 23.1 Å². The SMILES string of the molecule is Nc1nonc1C(=O)NCC[NH2+]Cc1cccc(Cl)c1Cl. The third kappa shape index (κ3) is 4.07. The first-order chi connectivity index (χ1) is 10.1. The summed E-state index contributed by atoms with van der Waals surface area (Å²) in [5, 5.41) is 12.5. The van der Waals surface area contributed by atoms with Gasteiger partial charge in [0.25, 0.3) is 5.91 Å². The summed E-state index contributed by atoms with van der Waals surface area (Å²) < 4.78 is 4.36. The van der Waals surface area contributed by atoms with E-state index < -0.39 is 5.91 Å². The number of carbonyl (C=O) groups excluding carboxylic acids is 1. The van der Waals surface area contributed by atoms with Gasteiger partial charge in [0, 0.05) is 5.56 Å². The number of anilines is 1. The molecule has 9 heteroatoms. The molecule has 0 saturated carbocycles. The molecule has 112 valence electrons. The Kier molecular flexibility index (Phi) is 5.38. The van der Waals surface area contributed by atoms with Crippen LogP contribution in [0.3, 0.4) is 0 Å². The molecular weight excluding hydrogens is 317 g/mol. The van der Waals surface area contributed by atoms with Crippen LogP contribution in [0.5, 0.6) is 0 Å². The second-order valence-electron chi connectivity index (χ2n) is 4.25. The second-order valence-corrected chi connectivity index (χ2v) is 5.03. The van der Waals surface area contributed by atoms with Gasteiger partial charge in [0.15, 0.2) is 0 Å². The van der Waals surface area contributed by atoms with E-state index in [1.54, 1.807) is 6.07 Å². The van der Waals surface area contributed by atoms with E-state index in [1.165, 1.54) is 0 Å². The number of quaternary nitrogens is 1. The van der Waals surface area contributed by atoms with Crippen LogP contribution >= 0.6 is 23.2 Å². The summed E-state index contributed by atoms with van der Waals surface area (Å²) in [4.78, 5) is 11.7. The minimum absolute atomic E-state index is 0.00659. The molecule has 2 rings (SSSR count). The van der Waals surface area contributed by atoms with E-state index in [0.717, 1.165) is 5.56 Å². The number of nitrogens with one attached hydrogen (secondary N) is 1. The highest BCUT2D eigenvalue weighted by Crippen LogP contribution is 2.24. The molecule has 1 aromatic carbocycles. The molecule has 0 spiro atoms. The van der Waals surface area contributed by atoms with Crippen molar-refractivity contribution in [1.29, 1.82) is 0 Å². The molecule has 0 bridgehead atoms. The highest BCUT2D eigenvalue weighted by Gasteiger charge is 2.15. The topological polar surface area (TPSA) is 111 Å². The molecule has 0 unspecified atom stereocenters. The molecule has 7 nitrogen and oxygen atoms in total. The van der Waals surface area contributed by atoms with Gasteiger partial charge in [-0.05, 0) is 16.4 Å². The largest absolute Gasteiger partial charge is 0.379 e. The number of amides is 1. The van der Waals surface area contributed by atoms with Gasteiger partial charge < -0.3 is 16.4 Å². The van der Waals surface area contributed by atoms with Crippen molar-refractivity contribution in [3.63, 3.8) is 0 Å². The third-order valence-electron chi connectivity index (χ3n) is 2.76. The minimum atomic E-state index is -0.414. The van der Waals surface area contributed by atoms with Crippen LogP contribution in [0.2, 0.25) is 10.0 Å².